The third kappa shape index (κ3) is 2.32. The van der Waals surface area contributed by atoms with Crippen molar-refractivity contribution in [2.75, 3.05) is 13.1 Å². The zero-order valence-electron chi connectivity index (χ0n) is 10.2. The first-order chi connectivity index (χ1) is 8.15. The minimum Gasteiger partial charge on any atom is -0.333 e. The molecule has 2 heterocycles. The summed E-state index contributed by atoms with van der Waals surface area (Å²) in [5.41, 5.74) is 6.51. The number of amides is 1. The molecule has 1 fully saturated rings. The van der Waals surface area contributed by atoms with Crippen molar-refractivity contribution in [3.8, 4) is 0 Å². The topological polar surface area (TPSA) is 72.1 Å². The van der Waals surface area contributed by atoms with Crippen molar-refractivity contribution >= 4 is 17.4 Å². The molecular weight excluding hydrogens is 236 g/mol. The molecule has 17 heavy (non-hydrogen) atoms. The third-order valence-corrected chi connectivity index (χ3v) is 4.28. The molecule has 1 amide bonds. The van der Waals surface area contributed by atoms with Crippen LogP contribution in [0.15, 0.2) is 0 Å². The van der Waals surface area contributed by atoms with E-state index in [-0.39, 0.29) is 11.9 Å². The van der Waals surface area contributed by atoms with E-state index in [2.05, 4.69) is 16.5 Å². The van der Waals surface area contributed by atoms with E-state index in [1.54, 1.807) is 0 Å². The predicted octanol–water partition coefficient (Wildman–Crippen LogP) is 1.05. The standard InChI is InChI=1S/C11H18N4OS/c1-7-4-3-5-15(9(7)6-12)11(16)10-8(2)13-14-17-10/h7,9H,3-6,12H2,1-2H3. The number of carbonyl (C=O) groups excluding carboxylic acids is 1. The Balaban J connectivity index is 2.21. The summed E-state index contributed by atoms with van der Waals surface area (Å²) in [4.78, 5) is 14.9. The summed E-state index contributed by atoms with van der Waals surface area (Å²) in [5, 5.41) is 3.89. The van der Waals surface area contributed by atoms with Crippen molar-refractivity contribution in [3.05, 3.63) is 10.6 Å². The van der Waals surface area contributed by atoms with Gasteiger partial charge in [0.15, 0.2) is 0 Å². The molecule has 1 aliphatic rings. The SMILES string of the molecule is Cc1nnsc1C(=O)N1CCCC(C)C1CN. The lowest BCUT2D eigenvalue weighted by atomic mass is 9.90. The maximum absolute atomic E-state index is 12.4. The number of nitrogens with zero attached hydrogens (tertiary/aromatic N) is 3. The molecule has 0 spiro atoms. The van der Waals surface area contributed by atoms with Crippen molar-refractivity contribution in [3.63, 3.8) is 0 Å². The monoisotopic (exact) mass is 254 g/mol. The van der Waals surface area contributed by atoms with Crippen molar-refractivity contribution in [1.82, 2.24) is 14.5 Å². The fraction of sp³-hybridized carbons (Fsp3) is 0.727. The van der Waals surface area contributed by atoms with Gasteiger partial charge < -0.3 is 10.6 Å². The molecule has 2 rings (SSSR count). The second-order valence-electron chi connectivity index (χ2n) is 4.61. The summed E-state index contributed by atoms with van der Waals surface area (Å²) in [6.45, 7) is 5.30. The van der Waals surface area contributed by atoms with Crippen LogP contribution in [0.3, 0.4) is 0 Å². The van der Waals surface area contributed by atoms with Gasteiger partial charge in [0, 0.05) is 19.1 Å². The fourth-order valence-electron chi connectivity index (χ4n) is 2.42. The molecule has 1 aromatic heterocycles. The highest BCUT2D eigenvalue weighted by atomic mass is 32.1. The van der Waals surface area contributed by atoms with Gasteiger partial charge in [0.1, 0.15) is 4.88 Å². The Morgan fingerprint density at radius 2 is 2.41 bits per heavy atom. The smallest absolute Gasteiger partial charge is 0.267 e. The molecule has 1 aliphatic heterocycles. The van der Waals surface area contributed by atoms with E-state index in [0.29, 0.717) is 23.0 Å². The quantitative estimate of drug-likeness (QED) is 0.856. The van der Waals surface area contributed by atoms with Crippen LogP contribution in [0.5, 0.6) is 0 Å². The molecule has 0 radical (unpaired) electrons. The number of carbonyl (C=O) groups is 1. The number of hydrogen-bond acceptors (Lipinski definition) is 5. The van der Waals surface area contributed by atoms with Gasteiger partial charge in [-0.05, 0) is 37.2 Å². The molecule has 0 saturated carbocycles. The van der Waals surface area contributed by atoms with E-state index in [1.807, 2.05) is 11.8 Å². The molecule has 1 saturated heterocycles. The van der Waals surface area contributed by atoms with Crippen LogP contribution >= 0.6 is 11.5 Å². The van der Waals surface area contributed by atoms with Crippen molar-refractivity contribution in [1.29, 1.82) is 0 Å². The normalized spacial score (nSPS) is 25.0. The highest BCUT2D eigenvalue weighted by Crippen LogP contribution is 2.25. The average Bonchev–Trinajstić information content (AvgIpc) is 2.74. The van der Waals surface area contributed by atoms with E-state index in [1.165, 1.54) is 11.5 Å². The first kappa shape index (κ1) is 12.4. The van der Waals surface area contributed by atoms with Gasteiger partial charge in [-0.3, -0.25) is 4.79 Å². The van der Waals surface area contributed by atoms with Crippen LogP contribution in [-0.4, -0.2) is 39.5 Å². The Labute approximate surface area is 105 Å². The van der Waals surface area contributed by atoms with E-state index >= 15 is 0 Å². The van der Waals surface area contributed by atoms with Crippen LogP contribution < -0.4 is 5.73 Å². The highest BCUT2D eigenvalue weighted by molar-refractivity contribution is 7.07. The Bertz CT molecular complexity index is 406. The number of rotatable bonds is 2. The molecule has 1 aromatic rings. The van der Waals surface area contributed by atoms with Crippen LogP contribution in [-0.2, 0) is 0 Å². The second-order valence-corrected chi connectivity index (χ2v) is 5.36. The minimum absolute atomic E-state index is 0.0412. The van der Waals surface area contributed by atoms with Crippen LogP contribution in [0.2, 0.25) is 0 Å². The molecule has 2 unspecified atom stereocenters. The van der Waals surface area contributed by atoms with Gasteiger partial charge >= 0.3 is 0 Å². The largest absolute Gasteiger partial charge is 0.333 e. The lowest BCUT2D eigenvalue weighted by molar-refractivity contribution is 0.0536. The van der Waals surface area contributed by atoms with Crippen LogP contribution in [0, 0.1) is 12.8 Å². The number of likely N-dealkylation sites (tertiary alicyclic amines) is 1. The summed E-state index contributed by atoms with van der Waals surface area (Å²) >= 11 is 1.17. The summed E-state index contributed by atoms with van der Waals surface area (Å²) < 4.78 is 3.82. The maximum atomic E-state index is 12.4. The van der Waals surface area contributed by atoms with Crippen molar-refractivity contribution in [2.45, 2.75) is 32.7 Å². The van der Waals surface area contributed by atoms with Gasteiger partial charge in [-0.15, -0.1) is 5.10 Å². The molecule has 2 atom stereocenters. The van der Waals surface area contributed by atoms with Gasteiger partial charge in [0.25, 0.3) is 5.91 Å². The third-order valence-electron chi connectivity index (χ3n) is 3.46. The number of aromatic nitrogens is 2. The van der Waals surface area contributed by atoms with Crippen molar-refractivity contribution < 1.29 is 4.79 Å². The number of piperidine rings is 1. The van der Waals surface area contributed by atoms with Crippen LogP contribution in [0.1, 0.15) is 35.1 Å². The van der Waals surface area contributed by atoms with Gasteiger partial charge in [0.05, 0.1) is 5.69 Å². The molecule has 0 aromatic carbocycles. The maximum Gasteiger partial charge on any atom is 0.267 e. The molecular formula is C11H18N4OS. The molecule has 6 heteroatoms. The van der Waals surface area contributed by atoms with Gasteiger partial charge in [-0.25, -0.2) is 0 Å². The predicted molar refractivity (Wildman–Crippen MR) is 66.9 cm³/mol. The van der Waals surface area contributed by atoms with E-state index in [0.717, 1.165) is 19.4 Å². The van der Waals surface area contributed by atoms with Gasteiger partial charge in [0.2, 0.25) is 0 Å². The first-order valence-corrected chi connectivity index (χ1v) is 6.72. The van der Waals surface area contributed by atoms with E-state index in [4.69, 9.17) is 5.73 Å². The van der Waals surface area contributed by atoms with Gasteiger partial charge in [-0.1, -0.05) is 11.4 Å². The van der Waals surface area contributed by atoms with Crippen LogP contribution in [0.25, 0.3) is 0 Å². The zero-order valence-corrected chi connectivity index (χ0v) is 11.0. The highest BCUT2D eigenvalue weighted by Gasteiger charge is 2.32. The van der Waals surface area contributed by atoms with Gasteiger partial charge in [-0.2, -0.15) is 0 Å². The summed E-state index contributed by atoms with van der Waals surface area (Å²) in [6, 6.07) is 0.151. The summed E-state index contributed by atoms with van der Waals surface area (Å²) in [5.74, 6) is 0.512. The number of aryl methyl sites for hydroxylation is 1. The Kier molecular flexibility index (Phi) is 3.73. The lowest BCUT2D eigenvalue weighted by Gasteiger charge is -2.39. The Morgan fingerprint density at radius 3 is 3.00 bits per heavy atom. The molecule has 94 valence electrons. The average molecular weight is 254 g/mol. The summed E-state index contributed by atoms with van der Waals surface area (Å²) in [7, 11) is 0. The molecule has 2 N–H and O–H groups in total. The van der Waals surface area contributed by atoms with E-state index < -0.39 is 0 Å². The first-order valence-electron chi connectivity index (χ1n) is 5.95. The zero-order chi connectivity index (χ0) is 12.4. The molecule has 0 aliphatic carbocycles. The molecule has 0 bridgehead atoms. The van der Waals surface area contributed by atoms with Crippen LogP contribution in [0.4, 0.5) is 0 Å². The summed E-state index contributed by atoms with van der Waals surface area (Å²) in [6.07, 6.45) is 2.19. The molecule has 5 nitrogen and oxygen atoms in total. The lowest BCUT2D eigenvalue weighted by Crippen LogP contribution is -2.51. The number of hydrogen-bond donors (Lipinski definition) is 1. The Morgan fingerprint density at radius 1 is 1.65 bits per heavy atom. The van der Waals surface area contributed by atoms with E-state index in [9.17, 15) is 4.79 Å². The van der Waals surface area contributed by atoms with Crippen molar-refractivity contribution in [2.24, 2.45) is 11.7 Å². The second kappa shape index (κ2) is 5.10. The number of nitrogens with two attached hydrogens (primary N) is 1. The minimum atomic E-state index is 0.0412. The Hall–Kier alpha value is -1.01. The fourth-order valence-corrected chi connectivity index (χ4v) is 3.03.